The van der Waals surface area contributed by atoms with E-state index in [4.69, 9.17) is 4.42 Å². The number of likely N-dealkylation sites (tertiary alicyclic amines) is 1. The van der Waals surface area contributed by atoms with Crippen molar-refractivity contribution < 1.29 is 13.6 Å². The summed E-state index contributed by atoms with van der Waals surface area (Å²) in [6.45, 7) is 4.07. The molecule has 0 radical (unpaired) electrons. The van der Waals surface area contributed by atoms with Crippen molar-refractivity contribution in [2.24, 2.45) is 5.92 Å². The van der Waals surface area contributed by atoms with Crippen LogP contribution in [0.4, 0.5) is 4.39 Å². The number of halogens is 1. The van der Waals surface area contributed by atoms with E-state index < -0.39 is 0 Å². The van der Waals surface area contributed by atoms with E-state index >= 15 is 0 Å². The van der Waals surface area contributed by atoms with Crippen molar-refractivity contribution in [3.8, 4) is 11.6 Å². The molecule has 0 aliphatic carbocycles. The number of fused-ring (bicyclic) bond motifs is 1. The Kier molecular flexibility index (Phi) is 4.75. The molecular weight excluding hydrogens is 391 g/mol. The zero-order valence-corrected chi connectivity index (χ0v) is 16.8. The third-order valence-corrected chi connectivity index (χ3v) is 6.77. The molecule has 8 heteroatoms. The number of thioether (sulfide) groups is 1. The zero-order chi connectivity index (χ0) is 20.0. The van der Waals surface area contributed by atoms with Crippen LogP contribution >= 0.6 is 11.8 Å². The summed E-state index contributed by atoms with van der Waals surface area (Å²) < 4.78 is 20.3. The van der Waals surface area contributed by atoms with Crippen molar-refractivity contribution >= 4 is 17.7 Å². The Balaban J connectivity index is 1.48. The average molecular weight is 412 g/mol. The van der Waals surface area contributed by atoms with Crippen molar-refractivity contribution in [3.05, 3.63) is 54.0 Å². The van der Waals surface area contributed by atoms with Crippen LogP contribution < -0.4 is 0 Å². The second-order valence-corrected chi connectivity index (χ2v) is 8.83. The fourth-order valence-corrected chi connectivity index (χ4v) is 5.48. The molecule has 0 amide bonds. The van der Waals surface area contributed by atoms with Gasteiger partial charge in [0, 0.05) is 6.54 Å². The third kappa shape index (κ3) is 3.40. The van der Waals surface area contributed by atoms with Gasteiger partial charge in [-0.25, -0.2) is 4.39 Å². The summed E-state index contributed by atoms with van der Waals surface area (Å²) in [6.07, 6.45) is 3.84. The standard InChI is InChI=1S/C21H21FN4O2S/c1-13-4-2-10-25(12-13)17(14-6-8-15(22)9-7-14)18-20(27)26-21(29-18)23-19(24-26)16-5-3-11-28-16/h3,5-9,11,13,17-18H,2,4,10,12H2,1H3. The fourth-order valence-electron chi connectivity index (χ4n) is 4.23. The third-order valence-electron chi connectivity index (χ3n) is 5.58. The number of furan rings is 1. The Morgan fingerprint density at radius 3 is 2.79 bits per heavy atom. The molecule has 6 nitrogen and oxygen atoms in total. The number of nitrogens with zero attached hydrogens (tertiary/aromatic N) is 4. The molecule has 5 rings (SSSR count). The highest BCUT2D eigenvalue weighted by atomic mass is 32.2. The highest BCUT2D eigenvalue weighted by Crippen LogP contribution is 2.42. The fraction of sp³-hybridized carbons (Fsp3) is 0.381. The number of benzene rings is 1. The van der Waals surface area contributed by atoms with Crippen LogP contribution in [-0.2, 0) is 0 Å². The molecule has 1 saturated heterocycles. The van der Waals surface area contributed by atoms with Gasteiger partial charge in [0.1, 0.15) is 11.1 Å². The SMILES string of the molecule is CC1CCCN(C(c2ccc(F)cc2)C2Sc3nc(-c4ccco4)nn3C2=O)C1. The van der Waals surface area contributed by atoms with Gasteiger partial charge in [0.15, 0.2) is 10.9 Å². The number of carbonyl (C=O) groups is 1. The molecule has 3 unspecified atom stereocenters. The highest BCUT2D eigenvalue weighted by Gasteiger charge is 2.43. The summed E-state index contributed by atoms with van der Waals surface area (Å²) in [5, 5.41) is 4.58. The van der Waals surface area contributed by atoms with Gasteiger partial charge >= 0.3 is 0 Å². The summed E-state index contributed by atoms with van der Waals surface area (Å²) in [6, 6.07) is 9.89. The Hall–Kier alpha value is -2.45. The number of hydrogen-bond donors (Lipinski definition) is 0. The minimum Gasteiger partial charge on any atom is -0.461 e. The zero-order valence-electron chi connectivity index (χ0n) is 16.0. The average Bonchev–Trinajstić information content (AvgIpc) is 3.43. The normalized spacial score (nSPS) is 23.3. The van der Waals surface area contributed by atoms with Crippen LogP contribution in [0.5, 0.6) is 0 Å². The lowest BCUT2D eigenvalue weighted by molar-refractivity contribution is 0.0788. The monoisotopic (exact) mass is 412 g/mol. The molecule has 3 aromatic rings. The van der Waals surface area contributed by atoms with Gasteiger partial charge in [-0.15, -0.1) is 5.10 Å². The molecule has 2 aliphatic rings. The Bertz CT molecular complexity index is 1020. The van der Waals surface area contributed by atoms with Crippen molar-refractivity contribution in [1.82, 2.24) is 19.7 Å². The van der Waals surface area contributed by atoms with Crippen LogP contribution in [0.1, 0.15) is 36.2 Å². The molecule has 150 valence electrons. The molecular formula is C21H21FN4O2S. The minimum atomic E-state index is -0.369. The topological polar surface area (TPSA) is 64.2 Å². The number of aromatic nitrogens is 3. The van der Waals surface area contributed by atoms with E-state index in [-0.39, 0.29) is 23.0 Å². The molecule has 3 atom stereocenters. The molecule has 4 heterocycles. The predicted octanol–water partition coefficient (Wildman–Crippen LogP) is 4.26. The van der Waals surface area contributed by atoms with Crippen molar-refractivity contribution in [3.63, 3.8) is 0 Å². The minimum absolute atomic E-state index is 0.0946. The lowest BCUT2D eigenvalue weighted by atomic mass is 9.94. The van der Waals surface area contributed by atoms with Crippen LogP contribution in [0.25, 0.3) is 11.6 Å². The molecule has 0 N–H and O–H groups in total. The Morgan fingerprint density at radius 1 is 1.28 bits per heavy atom. The van der Waals surface area contributed by atoms with Gasteiger partial charge in [-0.2, -0.15) is 9.67 Å². The molecule has 0 saturated carbocycles. The smallest absolute Gasteiger partial charge is 0.264 e. The van der Waals surface area contributed by atoms with Crippen LogP contribution in [-0.4, -0.2) is 43.9 Å². The first-order valence-corrected chi connectivity index (χ1v) is 10.7. The summed E-state index contributed by atoms with van der Waals surface area (Å²) in [5.74, 6) is 1.14. The van der Waals surface area contributed by atoms with E-state index in [9.17, 15) is 9.18 Å². The van der Waals surface area contributed by atoms with E-state index in [0.717, 1.165) is 25.1 Å². The summed E-state index contributed by atoms with van der Waals surface area (Å²) in [5.41, 5.74) is 0.948. The van der Waals surface area contributed by atoms with Gasteiger partial charge < -0.3 is 4.42 Å². The number of piperidine rings is 1. The Labute approximate surface area is 172 Å². The highest BCUT2D eigenvalue weighted by molar-refractivity contribution is 8.00. The lowest BCUT2D eigenvalue weighted by Gasteiger charge is -2.39. The van der Waals surface area contributed by atoms with E-state index in [1.165, 1.54) is 35.0 Å². The Morgan fingerprint density at radius 2 is 2.10 bits per heavy atom. The first-order chi connectivity index (χ1) is 14.1. The predicted molar refractivity (Wildman–Crippen MR) is 107 cm³/mol. The van der Waals surface area contributed by atoms with Gasteiger partial charge in [0.25, 0.3) is 5.91 Å². The lowest BCUT2D eigenvalue weighted by Crippen LogP contribution is -2.43. The molecule has 1 aromatic carbocycles. The van der Waals surface area contributed by atoms with Crippen molar-refractivity contribution in [2.45, 2.75) is 36.2 Å². The maximum Gasteiger partial charge on any atom is 0.264 e. The van der Waals surface area contributed by atoms with Gasteiger partial charge in [-0.1, -0.05) is 30.8 Å². The molecule has 2 aliphatic heterocycles. The van der Waals surface area contributed by atoms with E-state index in [2.05, 4.69) is 21.9 Å². The first kappa shape index (κ1) is 18.6. The second-order valence-electron chi connectivity index (χ2n) is 7.72. The van der Waals surface area contributed by atoms with Crippen LogP contribution in [0.3, 0.4) is 0 Å². The van der Waals surface area contributed by atoms with Gasteiger partial charge in [0.2, 0.25) is 5.82 Å². The van der Waals surface area contributed by atoms with Crippen LogP contribution in [0.2, 0.25) is 0 Å². The largest absolute Gasteiger partial charge is 0.461 e. The van der Waals surface area contributed by atoms with Gasteiger partial charge in [-0.3, -0.25) is 9.69 Å². The maximum absolute atomic E-state index is 13.5. The second kappa shape index (κ2) is 7.42. The van der Waals surface area contributed by atoms with Crippen LogP contribution in [0.15, 0.2) is 52.2 Å². The first-order valence-electron chi connectivity index (χ1n) is 9.81. The molecule has 0 spiro atoms. The van der Waals surface area contributed by atoms with E-state index in [1.54, 1.807) is 30.5 Å². The maximum atomic E-state index is 13.5. The number of hydrogen-bond acceptors (Lipinski definition) is 6. The van der Waals surface area contributed by atoms with E-state index in [1.807, 2.05) is 0 Å². The summed E-state index contributed by atoms with van der Waals surface area (Å²) >= 11 is 1.43. The number of carbonyl (C=O) groups excluding carboxylic acids is 1. The molecule has 1 fully saturated rings. The quantitative estimate of drug-likeness (QED) is 0.638. The summed E-state index contributed by atoms with van der Waals surface area (Å²) in [4.78, 5) is 20.2. The van der Waals surface area contributed by atoms with E-state index in [0.29, 0.717) is 22.7 Å². The van der Waals surface area contributed by atoms with Crippen molar-refractivity contribution in [2.75, 3.05) is 13.1 Å². The van der Waals surface area contributed by atoms with Gasteiger partial charge in [0.05, 0.1) is 12.3 Å². The van der Waals surface area contributed by atoms with Crippen molar-refractivity contribution in [1.29, 1.82) is 0 Å². The van der Waals surface area contributed by atoms with Crippen LogP contribution in [0, 0.1) is 11.7 Å². The number of rotatable bonds is 4. The summed E-state index contributed by atoms with van der Waals surface area (Å²) in [7, 11) is 0. The van der Waals surface area contributed by atoms with Gasteiger partial charge in [-0.05, 0) is 55.1 Å². The molecule has 29 heavy (non-hydrogen) atoms. The molecule has 0 bridgehead atoms. The molecule has 2 aromatic heterocycles.